The number of benzene rings is 1. The van der Waals surface area contributed by atoms with Gasteiger partial charge in [-0.05, 0) is 37.5 Å². The van der Waals surface area contributed by atoms with E-state index in [1.165, 1.54) is 0 Å². The molecular formula is C18H25N3O4. The van der Waals surface area contributed by atoms with Crippen LogP contribution in [0.25, 0.3) is 0 Å². The highest BCUT2D eigenvalue weighted by Crippen LogP contribution is 2.24. The van der Waals surface area contributed by atoms with E-state index in [0.29, 0.717) is 50.5 Å². The molecule has 25 heavy (non-hydrogen) atoms. The predicted octanol–water partition coefficient (Wildman–Crippen LogP) is 0.912. The minimum absolute atomic E-state index is 0.0304. The number of anilines is 1. The lowest BCUT2D eigenvalue weighted by Gasteiger charge is -2.27. The molecule has 7 nitrogen and oxygen atoms in total. The molecule has 1 aromatic carbocycles. The van der Waals surface area contributed by atoms with Crippen molar-refractivity contribution >= 4 is 17.5 Å². The van der Waals surface area contributed by atoms with Gasteiger partial charge in [-0.15, -0.1) is 0 Å². The van der Waals surface area contributed by atoms with Crippen LogP contribution >= 0.6 is 0 Å². The number of carbonyl (C=O) groups is 2. The number of nitrogens with zero attached hydrogens (tertiary/aromatic N) is 1. The summed E-state index contributed by atoms with van der Waals surface area (Å²) in [7, 11) is 0. The van der Waals surface area contributed by atoms with E-state index >= 15 is 0 Å². The van der Waals surface area contributed by atoms with E-state index < -0.39 is 6.10 Å². The van der Waals surface area contributed by atoms with Crippen LogP contribution in [0.2, 0.25) is 0 Å². The summed E-state index contributed by atoms with van der Waals surface area (Å²) in [5, 5.41) is 2.89. The van der Waals surface area contributed by atoms with Gasteiger partial charge >= 0.3 is 0 Å². The van der Waals surface area contributed by atoms with Crippen molar-refractivity contribution in [1.82, 2.24) is 4.90 Å². The van der Waals surface area contributed by atoms with Crippen molar-refractivity contribution in [1.29, 1.82) is 0 Å². The lowest BCUT2D eigenvalue weighted by atomic mass is 10.0. The smallest absolute Gasteiger partial charge is 0.254 e. The molecule has 0 radical (unpaired) electrons. The maximum Gasteiger partial charge on any atom is 0.254 e. The fraction of sp³-hybridized carbons (Fsp3) is 0.556. The second-order valence-corrected chi connectivity index (χ2v) is 6.43. The molecule has 2 saturated heterocycles. The lowest BCUT2D eigenvalue weighted by molar-refractivity contribution is -0.126. The van der Waals surface area contributed by atoms with Gasteiger partial charge in [-0.2, -0.15) is 0 Å². The summed E-state index contributed by atoms with van der Waals surface area (Å²) in [6.45, 7) is 4.56. The molecule has 2 heterocycles. The molecular weight excluding hydrogens is 322 g/mol. The first-order valence-corrected chi connectivity index (χ1v) is 8.73. The van der Waals surface area contributed by atoms with Gasteiger partial charge in [0.15, 0.2) is 0 Å². The summed E-state index contributed by atoms with van der Waals surface area (Å²) in [4.78, 5) is 26.9. The molecule has 0 unspecified atom stereocenters. The van der Waals surface area contributed by atoms with E-state index in [4.69, 9.17) is 15.2 Å². The Kier molecular flexibility index (Phi) is 5.67. The highest BCUT2D eigenvalue weighted by atomic mass is 16.5. The summed E-state index contributed by atoms with van der Waals surface area (Å²) in [6, 6.07) is 5.38. The second-order valence-electron chi connectivity index (χ2n) is 6.43. The van der Waals surface area contributed by atoms with E-state index in [1.807, 2.05) is 6.92 Å². The third-order valence-electron chi connectivity index (χ3n) is 4.78. The molecule has 3 N–H and O–H groups in total. The highest BCUT2D eigenvalue weighted by Gasteiger charge is 2.30. The fourth-order valence-corrected chi connectivity index (χ4v) is 3.22. The Hall–Kier alpha value is -1.96. The average molecular weight is 347 g/mol. The third-order valence-corrected chi connectivity index (χ3v) is 4.78. The van der Waals surface area contributed by atoms with Crippen LogP contribution < -0.4 is 11.1 Å². The van der Waals surface area contributed by atoms with Crippen LogP contribution in [0, 0.1) is 6.92 Å². The summed E-state index contributed by atoms with van der Waals surface area (Å²) in [5.41, 5.74) is 7.60. The number of hydrogen-bond donors (Lipinski definition) is 2. The quantitative estimate of drug-likeness (QED) is 0.844. The molecule has 2 amide bonds. The van der Waals surface area contributed by atoms with Gasteiger partial charge in [-0.1, -0.05) is 6.07 Å². The molecule has 0 aliphatic carbocycles. The van der Waals surface area contributed by atoms with Gasteiger partial charge in [0.05, 0.1) is 19.3 Å². The number of morpholine rings is 1. The molecule has 0 saturated carbocycles. The van der Waals surface area contributed by atoms with Crippen molar-refractivity contribution in [3.8, 4) is 0 Å². The van der Waals surface area contributed by atoms with E-state index in [9.17, 15) is 9.59 Å². The van der Waals surface area contributed by atoms with E-state index in [-0.39, 0.29) is 17.9 Å². The monoisotopic (exact) mass is 347 g/mol. The van der Waals surface area contributed by atoms with Crippen molar-refractivity contribution in [3.63, 3.8) is 0 Å². The summed E-state index contributed by atoms with van der Waals surface area (Å²) >= 11 is 0. The Morgan fingerprint density at radius 3 is 2.72 bits per heavy atom. The van der Waals surface area contributed by atoms with Crippen LogP contribution in [0.1, 0.15) is 28.8 Å². The van der Waals surface area contributed by atoms with Crippen molar-refractivity contribution < 1.29 is 19.1 Å². The highest BCUT2D eigenvalue weighted by molar-refractivity contribution is 6.00. The number of ether oxygens (including phenoxy) is 2. The van der Waals surface area contributed by atoms with Gasteiger partial charge in [0, 0.05) is 30.9 Å². The fourth-order valence-electron chi connectivity index (χ4n) is 3.22. The zero-order chi connectivity index (χ0) is 17.8. The molecule has 3 rings (SSSR count). The Balaban J connectivity index is 1.70. The maximum atomic E-state index is 12.7. The minimum Gasteiger partial charge on any atom is -0.378 e. The second kappa shape index (κ2) is 7.95. The number of nitrogens with one attached hydrogen (secondary N) is 1. The van der Waals surface area contributed by atoms with E-state index in [1.54, 1.807) is 23.1 Å². The Bertz CT molecular complexity index is 643. The van der Waals surface area contributed by atoms with Crippen molar-refractivity contribution in [3.05, 3.63) is 29.3 Å². The van der Waals surface area contributed by atoms with Crippen molar-refractivity contribution in [2.45, 2.75) is 32.0 Å². The Morgan fingerprint density at radius 1 is 1.28 bits per heavy atom. The Labute approximate surface area is 147 Å². The first-order chi connectivity index (χ1) is 12.1. The van der Waals surface area contributed by atoms with Gasteiger partial charge in [0.1, 0.15) is 6.10 Å². The number of rotatable bonds is 4. The molecule has 0 spiro atoms. The SMILES string of the molecule is Cc1c(NC(=O)[C@@H]2CC[C@H](CN)O2)cccc1C(=O)N1CCOCC1. The molecule has 2 atom stereocenters. The van der Waals surface area contributed by atoms with Gasteiger partial charge in [0.2, 0.25) is 0 Å². The molecule has 1 aromatic rings. The standard InChI is InChI=1S/C18H25N3O4/c1-12-14(18(23)21-7-9-24-10-8-21)3-2-4-15(12)20-17(22)16-6-5-13(11-19)25-16/h2-4,13,16H,5-11,19H2,1H3,(H,20,22)/t13-,16+/m1/s1. The molecule has 2 aliphatic heterocycles. The normalized spacial score (nSPS) is 23.5. The van der Waals surface area contributed by atoms with Crippen LogP contribution in [-0.4, -0.2) is 61.8 Å². The number of amides is 2. The zero-order valence-corrected chi connectivity index (χ0v) is 14.5. The number of hydrogen-bond acceptors (Lipinski definition) is 5. The molecule has 7 heteroatoms. The van der Waals surface area contributed by atoms with Crippen LogP contribution in [0.5, 0.6) is 0 Å². The van der Waals surface area contributed by atoms with E-state index in [2.05, 4.69) is 5.32 Å². The Morgan fingerprint density at radius 2 is 2.04 bits per heavy atom. The largest absolute Gasteiger partial charge is 0.378 e. The topological polar surface area (TPSA) is 93.9 Å². The third kappa shape index (κ3) is 4.00. The number of carbonyl (C=O) groups excluding carboxylic acids is 2. The summed E-state index contributed by atoms with van der Waals surface area (Å²) in [5.74, 6) is -0.216. The van der Waals surface area contributed by atoms with Crippen LogP contribution in [-0.2, 0) is 14.3 Å². The molecule has 2 aliphatic rings. The predicted molar refractivity (Wildman–Crippen MR) is 93.5 cm³/mol. The minimum atomic E-state index is -0.480. The van der Waals surface area contributed by atoms with Gasteiger partial charge < -0.3 is 25.4 Å². The average Bonchev–Trinajstić information content (AvgIpc) is 3.13. The summed E-state index contributed by atoms with van der Waals surface area (Å²) < 4.78 is 10.9. The lowest BCUT2D eigenvalue weighted by Crippen LogP contribution is -2.41. The maximum absolute atomic E-state index is 12.7. The van der Waals surface area contributed by atoms with Gasteiger partial charge in [-0.3, -0.25) is 9.59 Å². The first kappa shape index (κ1) is 17.8. The van der Waals surface area contributed by atoms with Crippen molar-refractivity contribution in [2.24, 2.45) is 5.73 Å². The van der Waals surface area contributed by atoms with Gasteiger partial charge in [-0.25, -0.2) is 0 Å². The number of nitrogens with two attached hydrogens (primary N) is 1. The first-order valence-electron chi connectivity index (χ1n) is 8.73. The molecule has 0 aromatic heterocycles. The molecule has 136 valence electrons. The zero-order valence-electron chi connectivity index (χ0n) is 14.5. The van der Waals surface area contributed by atoms with Crippen LogP contribution in [0.3, 0.4) is 0 Å². The van der Waals surface area contributed by atoms with Crippen LogP contribution in [0.4, 0.5) is 5.69 Å². The van der Waals surface area contributed by atoms with Crippen molar-refractivity contribution in [2.75, 3.05) is 38.2 Å². The van der Waals surface area contributed by atoms with Crippen LogP contribution in [0.15, 0.2) is 18.2 Å². The summed E-state index contributed by atoms with van der Waals surface area (Å²) in [6.07, 6.45) is 0.931. The van der Waals surface area contributed by atoms with E-state index in [0.717, 1.165) is 12.0 Å². The van der Waals surface area contributed by atoms with Gasteiger partial charge in [0.25, 0.3) is 11.8 Å². The molecule has 0 bridgehead atoms. The molecule has 2 fully saturated rings.